The summed E-state index contributed by atoms with van der Waals surface area (Å²) in [6.07, 6.45) is 1.41. The number of aromatic nitrogens is 2. The minimum absolute atomic E-state index is 0.0790. The van der Waals surface area contributed by atoms with Gasteiger partial charge in [0.05, 0.1) is 6.20 Å². The zero-order valence-electron chi connectivity index (χ0n) is 10.2. The molecule has 6 nitrogen and oxygen atoms in total. The Hall–Kier alpha value is -1.70. The third kappa shape index (κ3) is 2.53. The highest BCUT2D eigenvalue weighted by molar-refractivity contribution is 7.89. The first-order chi connectivity index (χ1) is 9.15. The molecule has 0 amide bonds. The second-order valence-electron chi connectivity index (χ2n) is 4.45. The molecule has 0 bridgehead atoms. The minimum Gasteiger partial charge on any atom is -0.309 e. The third-order valence-electron chi connectivity index (χ3n) is 3.13. The van der Waals surface area contributed by atoms with Crippen molar-refractivity contribution in [2.75, 3.05) is 0 Å². The number of fused-ring (bicyclic) bond motifs is 1. The Bertz CT molecular complexity index is 680. The summed E-state index contributed by atoms with van der Waals surface area (Å²) in [6.45, 7) is 2.00. The fraction of sp³-hybridized carbons (Fsp3) is 0.250. The Kier molecular flexibility index (Phi) is 3.09. The summed E-state index contributed by atoms with van der Waals surface area (Å²) in [4.78, 5) is 0. The van der Waals surface area contributed by atoms with Gasteiger partial charge in [0.2, 0.25) is 0 Å². The Labute approximate surface area is 111 Å². The molecule has 2 aromatic rings. The van der Waals surface area contributed by atoms with Crippen LogP contribution in [0.2, 0.25) is 0 Å². The normalized spacial score (nSPS) is 14.5. The summed E-state index contributed by atoms with van der Waals surface area (Å²) in [5.74, 6) is 0. The maximum Gasteiger partial charge on any atom is 0.257 e. The van der Waals surface area contributed by atoms with Crippen LogP contribution in [0.1, 0.15) is 16.7 Å². The SMILES string of the molecule is O=S(=O)(NCc1ccc2c(c1)CNC2)c1ccn[nH]1. The highest BCUT2D eigenvalue weighted by atomic mass is 32.2. The lowest BCUT2D eigenvalue weighted by atomic mass is 10.1. The monoisotopic (exact) mass is 278 g/mol. The van der Waals surface area contributed by atoms with Gasteiger partial charge in [0.25, 0.3) is 10.0 Å². The molecule has 0 unspecified atom stereocenters. The maximum absolute atomic E-state index is 11.9. The first kappa shape index (κ1) is 12.3. The largest absolute Gasteiger partial charge is 0.309 e. The van der Waals surface area contributed by atoms with Gasteiger partial charge in [0.15, 0.2) is 5.03 Å². The van der Waals surface area contributed by atoms with Gasteiger partial charge in [-0.1, -0.05) is 18.2 Å². The predicted octanol–water partition coefficient (Wildman–Crippen LogP) is 0.491. The van der Waals surface area contributed by atoms with Gasteiger partial charge in [0.1, 0.15) is 0 Å². The standard InChI is InChI=1S/C12H14N4O2S/c17-19(18,12-3-4-14-16-12)15-6-9-1-2-10-7-13-8-11(10)5-9/h1-5,13,15H,6-8H2,(H,14,16). The fourth-order valence-corrected chi connectivity index (χ4v) is 3.03. The quantitative estimate of drug-likeness (QED) is 0.759. The van der Waals surface area contributed by atoms with E-state index in [1.807, 2.05) is 18.2 Å². The van der Waals surface area contributed by atoms with Crippen LogP contribution in [0.3, 0.4) is 0 Å². The van der Waals surface area contributed by atoms with E-state index in [1.54, 1.807) is 0 Å². The van der Waals surface area contributed by atoms with E-state index in [0.29, 0.717) is 0 Å². The van der Waals surface area contributed by atoms with Crippen LogP contribution in [0, 0.1) is 0 Å². The summed E-state index contributed by atoms with van der Waals surface area (Å²) in [5, 5.41) is 9.42. The number of nitrogens with zero attached hydrogens (tertiary/aromatic N) is 1. The van der Waals surface area contributed by atoms with E-state index < -0.39 is 10.0 Å². The van der Waals surface area contributed by atoms with Crippen molar-refractivity contribution in [3.8, 4) is 0 Å². The number of hydrogen-bond acceptors (Lipinski definition) is 4. The molecule has 1 aliphatic heterocycles. The lowest BCUT2D eigenvalue weighted by Gasteiger charge is -2.06. The molecule has 1 aromatic carbocycles. The summed E-state index contributed by atoms with van der Waals surface area (Å²) in [5.41, 5.74) is 3.46. The van der Waals surface area contributed by atoms with Crippen molar-refractivity contribution in [3.05, 3.63) is 47.2 Å². The van der Waals surface area contributed by atoms with E-state index in [1.165, 1.54) is 23.4 Å². The molecular weight excluding hydrogens is 264 g/mol. The molecule has 1 aliphatic rings. The number of hydrogen-bond donors (Lipinski definition) is 3. The number of H-pyrrole nitrogens is 1. The van der Waals surface area contributed by atoms with Crippen LogP contribution in [0.15, 0.2) is 35.5 Å². The van der Waals surface area contributed by atoms with E-state index in [-0.39, 0.29) is 11.6 Å². The van der Waals surface area contributed by atoms with Crippen LogP contribution in [0.25, 0.3) is 0 Å². The van der Waals surface area contributed by atoms with Crippen molar-refractivity contribution in [2.24, 2.45) is 0 Å². The average molecular weight is 278 g/mol. The summed E-state index contributed by atoms with van der Waals surface area (Å²) in [6, 6.07) is 7.44. The fourth-order valence-electron chi connectivity index (χ4n) is 2.11. The molecular formula is C12H14N4O2S. The third-order valence-corrected chi connectivity index (χ3v) is 4.46. The summed E-state index contributed by atoms with van der Waals surface area (Å²) >= 11 is 0. The van der Waals surface area contributed by atoms with Crippen LogP contribution in [-0.2, 0) is 29.7 Å². The molecule has 0 saturated heterocycles. The molecule has 1 aromatic heterocycles. The summed E-state index contributed by atoms with van der Waals surface area (Å²) < 4.78 is 26.4. The molecule has 0 saturated carbocycles. The second-order valence-corrected chi connectivity index (χ2v) is 6.19. The first-order valence-corrected chi connectivity index (χ1v) is 7.44. The van der Waals surface area contributed by atoms with Crippen molar-refractivity contribution in [3.63, 3.8) is 0 Å². The van der Waals surface area contributed by atoms with Gasteiger partial charge in [-0.05, 0) is 22.8 Å². The molecule has 7 heteroatoms. The van der Waals surface area contributed by atoms with Gasteiger partial charge in [-0.3, -0.25) is 5.10 Å². The zero-order valence-corrected chi connectivity index (χ0v) is 11.0. The van der Waals surface area contributed by atoms with Crippen molar-refractivity contribution in [1.29, 1.82) is 0 Å². The van der Waals surface area contributed by atoms with E-state index in [9.17, 15) is 8.42 Å². The van der Waals surface area contributed by atoms with E-state index in [0.717, 1.165) is 18.7 Å². The number of benzene rings is 1. The van der Waals surface area contributed by atoms with Gasteiger partial charge in [-0.15, -0.1) is 0 Å². The molecule has 3 N–H and O–H groups in total. The Morgan fingerprint density at radius 2 is 2.05 bits per heavy atom. The van der Waals surface area contributed by atoms with Gasteiger partial charge >= 0.3 is 0 Å². The van der Waals surface area contributed by atoms with Crippen LogP contribution in [0.5, 0.6) is 0 Å². The molecule has 0 radical (unpaired) electrons. The minimum atomic E-state index is -3.51. The molecule has 0 atom stereocenters. The maximum atomic E-state index is 11.9. The lowest BCUT2D eigenvalue weighted by Crippen LogP contribution is -2.23. The number of sulfonamides is 1. The number of aromatic amines is 1. The first-order valence-electron chi connectivity index (χ1n) is 5.95. The zero-order chi connectivity index (χ0) is 13.3. The van der Waals surface area contributed by atoms with Gasteiger partial charge in [-0.2, -0.15) is 5.10 Å². The molecule has 19 heavy (non-hydrogen) atoms. The second kappa shape index (κ2) is 4.76. The van der Waals surface area contributed by atoms with E-state index in [4.69, 9.17) is 0 Å². The topological polar surface area (TPSA) is 86.9 Å². The van der Waals surface area contributed by atoms with Crippen molar-refractivity contribution in [2.45, 2.75) is 24.7 Å². The van der Waals surface area contributed by atoms with E-state index in [2.05, 4.69) is 20.2 Å². The van der Waals surface area contributed by atoms with Crippen molar-refractivity contribution < 1.29 is 8.42 Å². The molecule has 0 aliphatic carbocycles. The molecule has 0 spiro atoms. The van der Waals surface area contributed by atoms with Gasteiger partial charge in [-0.25, -0.2) is 13.1 Å². The van der Waals surface area contributed by atoms with Crippen LogP contribution < -0.4 is 10.0 Å². The summed E-state index contributed by atoms with van der Waals surface area (Å²) in [7, 11) is -3.51. The van der Waals surface area contributed by atoms with Gasteiger partial charge < -0.3 is 5.32 Å². The smallest absolute Gasteiger partial charge is 0.257 e. The predicted molar refractivity (Wildman–Crippen MR) is 69.6 cm³/mol. The highest BCUT2D eigenvalue weighted by Gasteiger charge is 2.15. The highest BCUT2D eigenvalue weighted by Crippen LogP contribution is 2.17. The van der Waals surface area contributed by atoms with Crippen LogP contribution in [-0.4, -0.2) is 18.6 Å². The molecule has 2 heterocycles. The Balaban J connectivity index is 1.73. The Morgan fingerprint density at radius 1 is 1.21 bits per heavy atom. The van der Waals surface area contributed by atoms with E-state index >= 15 is 0 Å². The number of nitrogens with one attached hydrogen (secondary N) is 3. The lowest BCUT2D eigenvalue weighted by molar-refractivity contribution is 0.577. The molecule has 100 valence electrons. The average Bonchev–Trinajstić information content (AvgIpc) is 3.07. The molecule has 3 rings (SSSR count). The van der Waals surface area contributed by atoms with Crippen LogP contribution >= 0.6 is 0 Å². The Morgan fingerprint density at radius 3 is 2.84 bits per heavy atom. The van der Waals surface area contributed by atoms with Gasteiger partial charge in [0, 0.05) is 19.6 Å². The molecule has 0 fully saturated rings. The van der Waals surface area contributed by atoms with Crippen LogP contribution in [0.4, 0.5) is 0 Å². The van der Waals surface area contributed by atoms with Crippen molar-refractivity contribution in [1.82, 2.24) is 20.2 Å². The van der Waals surface area contributed by atoms with Crippen molar-refractivity contribution >= 4 is 10.0 Å². The number of rotatable bonds is 4.